The van der Waals surface area contributed by atoms with E-state index in [1.807, 2.05) is 0 Å². The molecule has 3 N–H and O–H groups in total. The normalized spacial score (nSPS) is 29.2. The van der Waals surface area contributed by atoms with Crippen LogP contribution in [0.4, 0.5) is 0 Å². The van der Waals surface area contributed by atoms with Crippen molar-refractivity contribution < 1.29 is 0 Å². The Morgan fingerprint density at radius 1 is 1.05 bits per heavy atom. The zero-order valence-electron chi connectivity index (χ0n) is 12.7. The van der Waals surface area contributed by atoms with Crippen LogP contribution in [0.25, 0.3) is 0 Å². The van der Waals surface area contributed by atoms with Gasteiger partial charge >= 0.3 is 0 Å². The molecule has 0 radical (unpaired) electrons. The number of hydrogen-bond donors (Lipinski definition) is 2. The maximum absolute atomic E-state index is 5.91. The lowest BCUT2D eigenvalue weighted by atomic mass is 9.71. The van der Waals surface area contributed by atoms with Crippen LogP contribution < -0.4 is 11.3 Å². The molecule has 0 aliphatic heterocycles. The summed E-state index contributed by atoms with van der Waals surface area (Å²) < 4.78 is 0. The van der Waals surface area contributed by atoms with E-state index in [4.69, 9.17) is 5.84 Å². The van der Waals surface area contributed by atoms with Crippen LogP contribution in [-0.2, 0) is 0 Å². The highest BCUT2D eigenvalue weighted by atomic mass is 15.2. The fraction of sp³-hybridized carbons (Fsp3) is 0.647. The minimum absolute atomic E-state index is 0.298. The van der Waals surface area contributed by atoms with Crippen molar-refractivity contribution >= 4 is 0 Å². The fourth-order valence-corrected chi connectivity index (χ4v) is 4.05. The second-order valence-electron chi connectivity index (χ2n) is 6.63. The number of rotatable bonds is 3. The van der Waals surface area contributed by atoms with Crippen LogP contribution in [0.15, 0.2) is 18.2 Å². The van der Waals surface area contributed by atoms with Gasteiger partial charge in [-0.25, -0.2) is 0 Å². The second-order valence-corrected chi connectivity index (χ2v) is 6.63. The first-order chi connectivity index (χ1) is 9.02. The Bertz CT molecular complexity index is 397. The smallest absolute Gasteiger partial charge is 0.0493 e. The van der Waals surface area contributed by atoms with Gasteiger partial charge in [0.15, 0.2) is 0 Å². The van der Waals surface area contributed by atoms with Crippen molar-refractivity contribution in [2.24, 2.45) is 23.6 Å². The molecule has 3 atom stereocenters. The lowest BCUT2D eigenvalue weighted by Gasteiger charge is -2.37. The molecular formula is C17H28N2. The van der Waals surface area contributed by atoms with Crippen LogP contribution in [0.5, 0.6) is 0 Å². The Morgan fingerprint density at radius 3 is 2.05 bits per heavy atom. The summed E-state index contributed by atoms with van der Waals surface area (Å²) in [6.07, 6.45) is 3.93. The third kappa shape index (κ3) is 3.18. The van der Waals surface area contributed by atoms with E-state index in [2.05, 4.69) is 51.3 Å². The Morgan fingerprint density at radius 2 is 1.58 bits per heavy atom. The van der Waals surface area contributed by atoms with Crippen molar-refractivity contribution in [3.63, 3.8) is 0 Å². The molecule has 0 aromatic heterocycles. The number of benzene rings is 1. The molecule has 1 aromatic carbocycles. The molecule has 1 fully saturated rings. The molecule has 19 heavy (non-hydrogen) atoms. The monoisotopic (exact) mass is 260 g/mol. The summed E-state index contributed by atoms with van der Waals surface area (Å²) in [6, 6.07) is 6.82. The lowest BCUT2D eigenvalue weighted by Crippen LogP contribution is -2.37. The van der Waals surface area contributed by atoms with Gasteiger partial charge in [-0.15, -0.1) is 0 Å². The molecule has 0 spiro atoms. The van der Waals surface area contributed by atoms with E-state index in [-0.39, 0.29) is 0 Å². The number of nitrogens with one attached hydrogen (secondary N) is 1. The predicted octanol–water partition coefficient (Wildman–Crippen LogP) is 3.88. The molecule has 2 heteroatoms. The summed E-state index contributed by atoms with van der Waals surface area (Å²) in [7, 11) is 0. The zero-order chi connectivity index (χ0) is 14.0. The van der Waals surface area contributed by atoms with Gasteiger partial charge in [-0.1, -0.05) is 32.0 Å². The number of hydrogen-bond acceptors (Lipinski definition) is 2. The maximum atomic E-state index is 5.91. The minimum atomic E-state index is 0.298. The molecule has 1 aromatic rings. The third-order valence-corrected chi connectivity index (χ3v) is 4.72. The van der Waals surface area contributed by atoms with E-state index in [0.29, 0.717) is 12.0 Å². The highest BCUT2D eigenvalue weighted by molar-refractivity contribution is 5.36. The van der Waals surface area contributed by atoms with Crippen LogP contribution in [0.1, 0.15) is 55.8 Å². The van der Waals surface area contributed by atoms with Gasteiger partial charge in [0.05, 0.1) is 0 Å². The quantitative estimate of drug-likeness (QED) is 0.639. The number of aryl methyl sites for hydroxylation is 2. The summed E-state index contributed by atoms with van der Waals surface area (Å²) in [4.78, 5) is 0. The number of nitrogens with two attached hydrogens (primary N) is 1. The molecule has 1 saturated carbocycles. The van der Waals surface area contributed by atoms with Crippen molar-refractivity contribution in [1.29, 1.82) is 0 Å². The van der Waals surface area contributed by atoms with Gasteiger partial charge in [0.2, 0.25) is 0 Å². The molecule has 0 bridgehead atoms. The molecule has 1 aliphatic carbocycles. The molecule has 0 heterocycles. The first-order valence-electron chi connectivity index (χ1n) is 7.55. The molecule has 1 aliphatic rings. The molecule has 106 valence electrons. The molecular weight excluding hydrogens is 232 g/mol. The standard InChI is InChI=1S/C17H28N2/c1-11-8-12(2)10-15(9-11)17(19-18)16-13(3)6-5-7-14(16)4/h5-7,11-12,15,17,19H,8-10,18H2,1-4H3. The topological polar surface area (TPSA) is 38.0 Å². The van der Waals surface area contributed by atoms with Crippen LogP contribution >= 0.6 is 0 Å². The SMILES string of the molecule is Cc1cccc(C)c1C(NN)C1CC(C)CC(C)C1. The summed E-state index contributed by atoms with van der Waals surface area (Å²) in [6.45, 7) is 9.15. The van der Waals surface area contributed by atoms with Crippen LogP contribution in [0.3, 0.4) is 0 Å². The van der Waals surface area contributed by atoms with E-state index in [1.54, 1.807) is 0 Å². The second kappa shape index (κ2) is 6.06. The van der Waals surface area contributed by atoms with E-state index in [1.165, 1.54) is 36.0 Å². The first-order valence-corrected chi connectivity index (χ1v) is 7.55. The molecule has 0 amide bonds. The first kappa shape index (κ1) is 14.5. The van der Waals surface area contributed by atoms with Crippen molar-refractivity contribution in [2.75, 3.05) is 0 Å². The van der Waals surface area contributed by atoms with Gasteiger partial charge in [0.25, 0.3) is 0 Å². The van der Waals surface area contributed by atoms with Crippen molar-refractivity contribution in [2.45, 2.75) is 53.0 Å². The summed E-state index contributed by atoms with van der Waals surface area (Å²) in [5, 5.41) is 0. The fourth-order valence-electron chi connectivity index (χ4n) is 4.05. The Balaban J connectivity index is 2.29. The summed E-state index contributed by atoms with van der Waals surface area (Å²) >= 11 is 0. The largest absolute Gasteiger partial charge is 0.271 e. The van der Waals surface area contributed by atoms with Crippen molar-refractivity contribution in [1.82, 2.24) is 5.43 Å². The summed E-state index contributed by atoms with van der Waals surface area (Å²) in [5.74, 6) is 8.20. The average molecular weight is 260 g/mol. The Labute approximate surface area is 117 Å². The molecule has 3 unspecified atom stereocenters. The van der Waals surface area contributed by atoms with E-state index >= 15 is 0 Å². The minimum Gasteiger partial charge on any atom is -0.271 e. The van der Waals surface area contributed by atoms with Crippen LogP contribution in [0.2, 0.25) is 0 Å². The Hall–Kier alpha value is -0.860. The van der Waals surface area contributed by atoms with E-state index < -0.39 is 0 Å². The third-order valence-electron chi connectivity index (χ3n) is 4.72. The Kier molecular flexibility index (Phi) is 4.64. The van der Waals surface area contributed by atoms with Crippen LogP contribution in [-0.4, -0.2) is 0 Å². The van der Waals surface area contributed by atoms with Crippen molar-refractivity contribution in [3.8, 4) is 0 Å². The van der Waals surface area contributed by atoms with Gasteiger partial charge in [-0.2, -0.15) is 0 Å². The van der Waals surface area contributed by atoms with Gasteiger partial charge < -0.3 is 0 Å². The molecule has 0 saturated heterocycles. The van der Waals surface area contributed by atoms with Crippen LogP contribution in [0, 0.1) is 31.6 Å². The maximum Gasteiger partial charge on any atom is 0.0493 e. The lowest BCUT2D eigenvalue weighted by molar-refractivity contribution is 0.176. The van der Waals surface area contributed by atoms with Crippen molar-refractivity contribution in [3.05, 3.63) is 34.9 Å². The molecule has 2 nitrogen and oxygen atoms in total. The summed E-state index contributed by atoms with van der Waals surface area (Å²) in [5.41, 5.74) is 7.23. The van der Waals surface area contributed by atoms with Gasteiger partial charge in [0, 0.05) is 6.04 Å². The highest BCUT2D eigenvalue weighted by Gasteiger charge is 2.31. The van der Waals surface area contributed by atoms with Gasteiger partial charge in [-0.05, 0) is 67.6 Å². The zero-order valence-corrected chi connectivity index (χ0v) is 12.7. The predicted molar refractivity (Wildman–Crippen MR) is 81.6 cm³/mol. The van der Waals surface area contributed by atoms with Gasteiger partial charge in [0.1, 0.15) is 0 Å². The van der Waals surface area contributed by atoms with Gasteiger partial charge in [-0.3, -0.25) is 11.3 Å². The van der Waals surface area contributed by atoms with E-state index in [9.17, 15) is 0 Å². The highest BCUT2D eigenvalue weighted by Crippen LogP contribution is 2.40. The average Bonchev–Trinajstić information content (AvgIpc) is 2.32. The van der Waals surface area contributed by atoms with E-state index in [0.717, 1.165) is 11.8 Å². The number of hydrazine groups is 1. The molecule has 2 rings (SSSR count).